The van der Waals surface area contributed by atoms with Gasteiger partial charge in [0.2, 0.25) is 6.43 Å². The molecule has 1 fully saturated rings. The van der Waals surface area contributed by atoms with Crippen LogP contribution in [-0.4, -0.2) is 32.9 Å². The molecule has 2 aromatic rings. The van der Waals surface area contributed by atoms with E-state index < -0.39 is 35.4 Å². The van der Waals surface area contributed by atoms with Gasteiger partial charge in [0.25, 0.3) is 0 Å². The molecule has 0 radical (unpaired) electrons. The molecular formula is C22H31F5N2O2S. The number of rotatable bonds is 5. The average Bonchev–Trinajstić information content (AvgIpc) is 3.09. The number of halogens is 5. The van der Waals surface area contributed by atoms with E-state index in [1.165, 1.54) is 23.9 Å². The Labute approximate surface area is 190 Å². The van der Waals surface area contributed by atoms with Crippen LogP contribution in [0.15, 0.2) is 35.2 Å². The molecule has 1 aromatic heterocycles. The summed E-state index contributed by atoms with van der Waals surface area (Å²) < 4.78 is 69.1. The monoisotopic (exact) mass is 482 g/mol. The highest BCUT2D eigenvalue weighted by Crippen LogP contribution is 2.46. The van der Waals surface area contributed by atoms with Crippen LogP contribution in [-0.2, 0) is 17.3 Å². The van der Waals surface area contributed by atoms with Crippen LogP contribution in [0.25, 0.3) is 0 Å². The van der Waals surface area contributed by atoms with Gasteiger partial charge in [-0.3, -0.25) is 0 Å². The van der Waals surface area contributed by atoms with Gasteiger partial charge in [-0.1, -0.05) is 33.8 Å². The Morgan fingerprint density at radius 1 is 1.22 bits per heavy atom. The third-order valence-corrected chi connectivity index (χ3v) is 5.91. The quantitative estimate of drug-likeness (QED) is 0.356. The fourth-order valence-electron chi connectivity index (χ4n) is 3.19. The van der Waals surface area contributed by atoms with Crippen LogP contribution in [0.1, 0.15) is 70.5 Å². The third-order valence-electron chi connectivity index (χ3n) is 4.55. The summed E-state index contributed by atoms with van der Waals surface area (Å²) in [5.41, 5.74) is -0.407. The molecule has 1 aliphatic rings. The van der Waals surface area contributed by atoms with Crippen LogP contribution in [0.3, 0.4) is 0 Å². The van der Waals surface area contributed by atoms with Crippen LogP contribution in [0.2, 0.25) is 0 Å². The van der Waals surface area contributed by atoms with Crippen molar-refractivity contribution in [3.8, 4) is 0 Å². The Hall–Kier alpha value is -1.81. The molecule has 2 unspecified atom stereocenters. The topological polar surface area (TPSA) is 47.3 Å². The van der Waals surface area contributed by atoms with E-state index in [4.69, 9.17) is 4.74 Å². The summed E-state index contributed by atoms with van der Waals surface area (Å²) in [7, 11) is 0. The largest absolute Gasteiger partial charge is 0.416 e. The first-order valence-electron chi connectivity index (χ1n) is 10.6. The summed E-state index contributed by atoms with van der Waals surface area (Å²) in [6, 6.07) is 6.49. The van der Waals surface area contributed by atoms with Crippen LogP contribution < -0.4 is 0 Å². The summed E-state index contributed by atoms with van der Waals surface area (Å²) in [5.74, 6) is 0. The van der Waals surface area contributed by atoms with E-state index in [2.05, 4.69) is 5.10 Å². The number of hydrogen-bond acceptors (Lipinski definition) is 4. The number of thioether (sulfide) groups is 1. The molecule has 0 amide bonds. The lowest BCUT2D eigenvalue weighted by molar-refractivity contribution is -0.137. The normalized spacial score (nSPS) is 20.8. The maximum absolute atomic E-state index is 12.9. The van der Waals surface area contributed by atoms with Gasteiger partial charge in [-0.05, 0) is 44.0 Å². The molecule has 0 aliphatic carbocycles. The molecule has 1 aromatic carbocycles. The molecule has 4 nitrogen and oxygen atoms in total. The Morgan fingerprint density at radius 2 is 1.88 bits per heavy atom. The zero-order valence-corrected chi connectivity index (χ0v) is 19.7. The summed E-state index contributed by atoms with van der Waals surface area (Å²) in [4.78, 5) is 1.03. The van der Waals surface area contributed by atoms with Crippen molar-refractivity contribution in [3.05, 3.63) is 47.3 Å². The summed E-state index contributed by atoms with van der Waals surface area (Å²) in [5, 5.41) is 13.6. The van der Waals surface area contributed by atoms with Gasteiger partial charge in [0.15, 0.2) is 0 Å². The van der Waals surface area contributed by atoms with Crippen LogP contribution in [0.4, 0.5) is 22.0 Å². The standard InChI is InChI=1S/C18H19F5N2O2S.2C2H6/c1-17(28-13-4-2-3-11(7-13)18(21,22)23)5-6-27-15(10-17)14-8-12(9-16(19)20)24-25(14)26;2*1-2/h2-4,7-8,15-16,26H,5-6,9-10H2,1H3;2*1-2H3. The van der Waals surface area contributed by atoms with E-state index >= 15 is 0 Å². The number of aromatic nitrogens is 2. The second kappa shape index (κ2) is 12.4. The van der Waals surface area contributed by atoms with Crippen molar-refractivity contribution in [3.63, 3.8) is 0 Å². The number of hydrogen-bond donors (Lipinski definition) is 1. The summed E-state index contributed by atoms with van der Waals surface area (Å²) >= 11 is 1.31. The van der Waals surface area contributed by atoms with Gasteiger partial charge < -0.3 is 9.94 Å². The molecule has 0 spiro atoms. The second-order valence-corrected chi connectivity index (χ2v) is 8.60. The molecule has 182 valence electrons. The molecule has 1 saturated heterocycles. The van der Waals surface area contributed by atoms with Crippen molar-refractivity contribution < 1.29 is 31.9 Å². The molecule has 32 heavy (non-hydrogen) atoms. The molecule has 3 rings (SSSR count). The predicted molar refractivity (Wildman–Crippen MR) is 115 cm³/mol. The minimum atomic E-state index is -4.42. The van der Waals surface area contributed by atoms with E-state index in [1.807, 2.05) is 34.6 Å². The van der Waals surface area contributed by atoms with Crippen LogP contribution >= 0.6 is 11.8 Å². The Kier molecular flexibility index (Phi) is 11.0. The number of alkyl halides is 5. The van der Waals surface area contributed by atoms with E-state index in [0.29, 0.717) is 29.2 Å². The molecule has 1 aliphatic heterocycles. The Bertz CT molecular complexity index is 829. The van der Waals surface area contributed by atoms with Gasteiger partial charge in [0.05, 0.1) is 17.7 Å². The summed E-state index contributed by atoms with van der Waals surface area (Å²) in [6.07, 6.45) is -7.20. The fraction of sp³-hybridized carbons (Fsp3) is 0.591. The first-order valence-corrected chi connectivity index (χ1v) is 11.4. The van der Waals surface area contributed by atoms with Gasteiger partial charge in [-0.25, -0.2) is 8.78 Å². The van der Waals surface area contributed by atoms with E-state index in [1.54, 1.807) is 6.07 Å². The van der Waals surface area contributed by atoms with Gasteiger partial charge >= 0.3 is 6.18 Å². The van der Waals surface area contributed by atoms with Crippen molar-refractivity contribution in [2.45, 2.75) is 82.2 Å². The lowest BCUT2D eigenvalue weighted by Crippen LogP contribution is -2.32. The number of benzene rings is 1. The lowest BCUT2D eigenvalue weighted by Gasteiger charge is -2.37. The second-order valence-electron chi connectivity index (χ2n) is 6.94. The SMILES string of the molecule is CC.CC.CC1(Sc2cccc(C(F)(F)F)c2)CCOC(c2cc(CC(F)F)nn2O)C1. The highest BCUT2D eigenvalue weighted by Gasteiger charge is 2.37. The first kappa shape index (κ1) is 28.2. The van der Waals surface area contributed by atoms with Crippen molar-refractivity contribution in [2.75, 3.05) is 6.61 Å². The highest BCUT2D eigenvalue weighted by atomic mass is 32.2. The van der Waals surface area contributed by atoms with Crippen molar-refractivity contribution in [1.82, 2.24) is 9.94 Å². The Morgan fingerprint density at radius 3 is 2.47 bits per heavy atom. The summed E-state index contributed by atoms with van der Waals surface area (Å²) in [6.45, 7) is 10.2. The molecule has 2 atom stereocenters. The van der Waals surface area contributed by atoms with Crippen molar-refractivity contribution in [2.24, 2.45) is 0 Å². The minimum Gasteiger partial charge on any atom is -0.411 e. The molecular weight excluding hydrogens is 451 g/mol. The first-order chi connectivity index (χ1) is 15.1. The molecule has 1 N–H and O–H groups in total. The smallest absolute Gasteiger partial charge is 0.411 e. The van der Waals surface area contributed by atoms with E-state index in [9.17, 15) is 27.2 Å². The highest BCUT2D eigenvalue weighted by molar-refractivity contribution is 8.00. The minimum absolute atomic E-state index is 0.0499. The van der Waals surface area contributed by atoms with Crippen molar-refractivity contribution >= 4 is 11.8 Å². The maximum atomic E-state index is 12.9. The third kappa shape index (κ3) is 7.95. The van der Waals surface area contributed by atoms with Gasteiger partial charge in [0.1, 0.15) is 11.8 Å². The van der Waals surface area contributed by atoms with Gasteiger partial charge in [0, 0.05) is 16.2 Å². The Balaban J connectivity index is 0.00000121. The van der Waals surface area contributed by atoms with E-state index in [0.717, 1.165) is 12.1 Å². The lowest BCUT2D eigenvalue weighted by atomic mass is 9.94. The molecule has 0 saturated carbocycles. The molecule has 2 heterocycles. The van der Waals surface area contributed by atoms with E-state index in [-0.39, 0.29) is 11.4 Å². The molecule has 0 bridgehead atoms. The van der Waals surface area contributed by atoms with Gasteiger partial charge in [-0.2, -0.15) is 13.2 Å². The zero-order chi connectivity index (χ0) is 24.5. The van der Waals surface area contributed by atoms with Crippen molar-refractivity contribution in [1.29, 1.82) is 0 Å². The molecule has 10 heteroatoms. The average molecular weight is 483 g/mol. The van der Waals surface area contributed by atoms with Gasteiger partial charge in [-0.15, -0.1) is 21.7 Å². The van der Waals surface area contributed by atoms with Crippen LogP contribution in [0.5, 0.6) is 0 Å². The fourth-order valence-corrected chi connectivity index (χ4v) is 4.51. The van der Waals surface area contributed by atoms with Crippen LogP contribution in [0, 0.1) is 0 Å². The number of nitrogens with zero attached hydrogens (tertiary/aromatic N) is 2. The maximum Gasteiger partial charge on any atom is 0.416 e. The predicted octanol–water partition coefficient (Wildman–Crippen LogP) is 7.40. The zero-order valence-electron chi connectivity index (χ0n) is 18.9. The number of ether oxygens (including phenoxy) is 1.